The average Bonchev–Trinajstić information content (AvgIpc) is 3.23. The third kappa shape index (κ3) is 8.76. The van der Waals surface area contributed by atoms with Crippen LogP contribution < -0.4 is 10.9 Å². The molecule has 1 aromatic heterocycles. The topological polar surface area (TPSA) is 78.1 Å². The number of pyridine rings is 1. The van der Waals surface area contributed by atoms with Gasteiger partial charge >= 0.3 is 0 Å². The van der Waals surface area contributed by atoms with E-state index >= 15 is 0 Å². The minimum Gasteiger partial charge on any atom is -0.367 e. The minimum absolute atomic E-state index is 0.0475. The molecule has 1 saturated heterocycles. The SMILES string of the molecule is CCCCCCCCCCCCN1C(=O)/C(=C\c2c(C)c(C#N)c(=O)n(CC)c2NCc2ccc(F)cc2)SC1=S. The highest BCUT2D eigenvalue weighted by Gasteiger charge is 2.32. The van der Waals surface area contributed by atoms with Gasteiger partial charge in [-0.3, -0.25) is 19.1 Å². The number of carbonyl (C=O) groups is 1. The Morgan fingerprint density at radius 3 is 2.20 bits per heavy atom. The molecule has 1 aliphatic heterocycles. The maximum atomic E-state index is 13.4. The van der Waals surface area contributed by atoms with Gasteiger partial charge in [0.05, 0.1) is 4.91 Å². The predicted molar refractivity (Wildman–Crippen MR) is 171 cm³/mol. The lowest BCUT2D eigenvalue weighted by atomic mass is 10.0. The van der Waals surface area contributed by atoms with Crippen molar-refractivity contribution in [1.29, 1.82) is 5.26 Å². The number of hydrogen-bond donors (Lipinski definition) is 1. The average molecular weight is 597 g/mol. The van der Waals surface area contributed by atoms with Crippen LogP contribution in [-0.2, 0) is 17.9 Å². The highest BCUT2D eigenvalue weighted by Crippen LogP contribution is 2.35. The van der Waals surface area contributed by atoms with Crippen LogP contribution in [0.25, 0.3) is 6.08 Å². The van der Waals surface area contributed by atoms with Crippen LogP contribution in [0.3, 0.4) is 0 Å². The molecule has 6 nitrogen and oxygen atoms in total. The van der Waals surface area contributed by atoms with Crippen LogP contribution in [0.2, 0.25) is 0 Å². The molecule has 1 aromatic carbocycles. The van der Waals surface area contributed by atoms with E-state index in [1.54, 1.807) is 30.0 Å². The van der Waals surface area contributed by atoms with Crippen LogP contribution in [0.4, 0.5) is 10.2 Å². The first kappa shape index (κ1) is 32.6. The monoisotopic (exact) mass is 596 g/mol. The molecular formula is C32H41FN4O2S2. The predicted octanol–water partition coefficient (Wildman–Crippen LogP) is 7.92. The summed E-state index contributed by atoms with van der Waals surface area (Å²) in [5.74, 6) is 0.0415. The lowest BCUT2D eigenvalue weighted by Gasteiger charge is -2.19. The number of carbonyl (C=O) groups excluding carboxylic acids is 1. The second kappa shape index (κ2) is 16.5. The number of hydrogen-bond acceptors (Lipinski definition) is 6. The van der Waals surface area contributed by atoms with E-state index in [4.69, 9.17) is 12.2 Å². The number of thiocarbonyl (C=S) groups is 1. The Morgan fingerprint density at radius 1 is 1.00 bits per heavy atom. The number of nitrogens with zero attached hydrogens (tertiary/aromatic N) is 3. The summed E-state index contributed by atoms with van der Waals surface area (Å²) in [6, 6.07) is 8.15. The van der Waals surface area contributed by atoms with Gasteiger partial charge in [-0.25, -0.2) is 4.39 Å². The van der Waals surface area contributed by atoms with Crippen LogP contribution in [0.15, 0.2) is 34.0 Å². The van der Waals surface area contributed by atoms with Crippen molar-refractivity contribution in [3.63, 3.8) is 0 Å². The van der Waals surface area contributed by atoms with Gasteiger partial charge < -0.3 is 5.32 Å². The molecule has 1 fully saturated rings. The number of nitrogens with one attached hydrogen (secondary N) is 1. The van der Waals surface area contributed by atoms with Gasteiger partial charge in [0.2, 0.25) is 0 Å². The number of benzene rings is 1. The molecule has 0 radical (unpaired) electrons. The number of amides is 1. The van der Waals surface area contributed by atoms with Gasteiger partial charge in [-0.2, -0.15) is 5.26 Å². The molecule has 2 aromatic rings. The van der Waals surface area contributed by atoms with Crippen LogP contribution in [0.5, 0.6) is 0 Å². The normalized spacial score (nSPS) is 14.2. The van der Waals surface area contributed by atoms with Crippen molar-refractivity contribution >= 4 is 46.1 Å². The zero-order chi connectivity index (χ0) is 29.8. The molecule has 1 aliphatic rings. The first-order chi connectivity index (χ1) is 19.8. The molecule has 2 heterocycles. The van der Waals surface area contributed by atoms with E-state index in [1.807, 2.05) is 13.0 Å². The zero-order valence-electron chi connectivity index (χ0n) is 24.4. The van der Waals surface area contributed by atoms with Gasteiger partial charge in [0.15, 0.2) is 0 Å². The molecule has 0 unspecified atom stereocenters. The Hall–Kier alpha value is -2.96. The number of rotatable bonds is 16. The smallest absolute Gasteiger partial charge is 0.270 e. The molecule has 1 amide bonds. The number of thioether (sulfide) groups is 1. The molecule has 0 aliphatic carbocycles. The third-order valence-corrected chi connectivity index (χ3v) is 8.83. The summed E-state index contributed by atoms with van der Waals surface area (Å²) in [5.41, 5.74) is 1.59. The van der Waals surface area contributed by atoms with Gasteiger partial charge in [-0.05, 0) is 49.6 Å². The Morgan fingerprint density at radius 2 is 1.61 bits per heavy atom. The molecule has 220 valence electrons. The van der Waals surface area contributed by atoms with Crippen molar-refractivity contribution in [2.45, 2.75) is 98.1 Å². The fourth-order valence-electron chi connectivity index (χ4n) is 5.02. The van der Waals surface area contributed by atoms with Crippen molar-refractivity contribution in [3.05, 3.63) is 67.6 Å². The van der Waals surface area contributed by atoms with E-state index in [0.29, 0.717) is 45.8 Å². The summed E-state index contributed by atoms with van der Waals surface area (Å²) in [6.45, 7) is 7.05. The maximum absolute atomic E-state index is 13.4. The summed E-state index contributed by atoms with van der Waals surface area (Å²) >= 11 is 6.82. The number of aromatic nitrogens is 1. The van der Waals surface area contributed by atoms with Gasteiger partial charge in [-0.1, -0.05) is 101 Å². The Bertz CT molecular complexity index is 1350. The summed E-state index contributed by atoms with van der Waals surface area (Å²) in [4.78, 5) is 28.6. The summed E-state index contributed by atoms with van der Waals surface area (Å²) in [6.07, 6.45) is 13.9. The highest BCUT2D eigenvalue weighted by atomic mass is 32.2. The van der Waals surface area contributed by atoms with Gasteiger partial charge in [0.25, 0.3) is 11.5 Å². The van der Waals surface area contributed by atoms with Gasteiger partial charge in [-0.15, -0.1) is 0 Å². The minimum atomic E-state index is -0.389. The Labute approximate surface area is 253 Å². The van der Waals surface area contributed by atoms with Crippen LogP contribution in [0.1, 0.15) is 100 Å². The van der Waals surface area contributed by atoms with Crippen LogP contribution in [-0.4, -0.2) is 26.2 Å². The van der Waals surface area contributed by atoms with E-state index in [9.17, 15) is 19.2 Å². The van der Waals surface area contributed by atoms with Crippen molar-refractivity contribution in [2.75, 3.05) is 11.9 Å². The molecule has 0 atom stereocenters. The molecule has 3 rings (SSSR count). The highest BCUT2D eigenvalue weighted by molar-refractivity contribution is 8.26. The molecule has 9 heteroatoms. The fraction of sp³-hybridized carbons (Fsp3) is 0.500. The molecule has 0 spiro atoms. The van der Waals surface area contributed by atoms with Crippen LogP contribution in [0, 0.1) is 24.1 Å². The number of halogens is 1. The fourth-order valence-corrected chi connectivity index (χ4v) is 6.31. The number of unbranched alkanes of at least 4 members (excludes halogenated alkanes) is 9. The molecule has 0 bridgehead atoms. The van der Waals surface area contributed by atoms with Gasteiger partial charge in [0.1, 0.15) is 27.6 Å². The van der Waals surface area contributed by atoms with Crippen molar-refractivity contribution in [1.82, 2.24) is 9.47 Å². The third-order valence-electron chi connectivity index (χ3n) is 7.45. The lowest BCUT2D eigenvalue weighted by molar-refractivity contribution is -0.122. The van der Waals surface area contributed by atoms with E-state index < -0.39 is 0 Å². The molecule has 41 heavy (non-hydrogen) atoms. The molecule has 0 saturated carbocycles. The number of nitriles is 1. The summed E-state index contributed by atoms with van der Waals surface area (Å²) in [7, 11) is 0. The second-order valence-corrected chi connectivity index (χ2v) is 12.1. The largest absolute Gasteiger partial charge is 0.367 e. The number of anilines is 1. The van der Waals surface area contributed by atoms with Gasteiger partial charge in [0, 0.05) is 25.2 Å². The van der Waals surface area contributed by atoms with E-state index in [1.165, 1.54) is 73.4 Å². The quantitative estimate of drug-likeness (QED) is 0.120. The maximum Gasteiger partial charge on any atom is 0.270 e. The lowest BCUT2D eigenvalue weighted by Crippen LogP contribution is -2.29. The molecule has 1 N–H and O–H groups in total. The van der Waals surface area contributed by atoms with E-state index in [-0.39, 0.29) is 22.8 Å². The van der Waals surface area contributed by atoms with Crippen LogP contribution >= 0.6 is 24.0 Å². The Kier molecular flexibility index (Phi) is 13.1. The van der Waals surface area contributed by atoms with E-state index in [0.717, 1.165) is 24.8 Å². The zero-order valence-corrected chi connectivity index (χ0v) is 26.1. The van der Waals surface area contributed by atoms with Crippen molar-refractivity contribution in [2.24, 2.45) is 0 Å². The summed E-state index contributed by atoms with van der Waals surface area (Å²) in [5, 5.41) is 13.1. The Balaban J connectivity index is 1.73. The first-order valence-corrected chi connectivity index (χ1v) is 16.0. The van der Waals surface area contributed by atoms with Crippen molar-refractivity contribution < 1.29 is 9.18 Å². The summed E-state index contributed by atoms with van der Waals surface area (Å²) < 4.78 is 15.4. The second-order valence-electron chi connectivity index (χ2n) is 10.4. The standard InChI is InChI=1S/C32H41FN4O2S2/c1-4-6-7-8-9-10-11-12-13-14-19-37-31(39)28(41-32(37)40)20-26-23(3)27(21-34)30(38)36(5-2)29(26)35-22-24-15-17-25(33)18-16-24/h15-18,20,35H,4-14,19,22H2,1-3H3/b28-20+. The van der Waals surface area contributed by atoms with E-state index in [2.05, 4.69) is 12.2 Å². The molecular weight excluding hydrogens is 556 g/mol. The van der Waals surface area contributed by atoms with Crippen molar-refractivity contribution in [3.8, 4) is 6.07 Å². The first-order valence-electron chi connectivity index (χ1n) is 14.7.